The monoisotopic (exact) mass is 161 g/mol. The number of ether oxygens (including phenoxy) is 1. The highest BCUT2D eigenvalue weighted by atomic mass is 16.7. The first-order valence-corrected chi connectivity index (χ1v) is 3.78. The van der Waals surface area contributed by atoms with Crippen molar-refractivity contribution in [1.82, 2.24) is 5.06 Å². The lowest BCUT2D eigenvalue weighted by Gasteiger charge is -2.24. The molecule has 0 radical (unpaired) electrons. The smallest absolute Gasteiger partial charge is 0.134 e. The van der Waals surface area contributed by atoms with Crippen LogP contribution in [0.2, 0.25) is 0 Å². The lowest BCUT2D eigenvalue weighted by atomic mass is 10.1. The second kappa shape index (κ2) is 4.01. The van der Waals surface area contributed by atoms with E-state index in [1.54, 1.807) is 14.2 Å². The number of nitrogens with zero attached hydrogens (tertiary/aromatic N) is 1. The van der Waals surface area contributed by atoms with Crippen molar-refractivity contribution < 1.29 is 14.7 Å². The zero-order chi connectivity index (χ0) is 8.27. The third kappa shape index (κ3) is 2.13. The van der Waals surface area contributed by atoms with E-state index in [0.29, 0.717) is 6.61 Å². The van der Waals surface area contributed by atoms with Crippen LogP contribution >= 0.6 is 0 Å². The van der Waals surface area contributed by atoms with Gasteiger partial charge >= 0.3 is 0 Å². The highest BCUT2D eigenvalue weighted by molar-refractivity contribution is 4.69. The highest BCUT2D eigenvalue weighted by Crippen LogP contribution is 2.18. The van der Waals surface area contributed by atoms with Crippen molar-refractivity contribution in [3.63, 3.8) is 0 Å². The average molecular weight is 161 g/mol. The molecule has 2 unspecified atom stereocenters. The van der Waals surface area contributed by atoms with Crippen molar-refractivity contribution in [2.75, 3.05) is 27.4 Å². The largest absolute Gasteiger partial charge is 0.381 e. The molecule has 1 saturated heterocycles. The van der Waals surface area contributed by atoms with Crippen LogP contribution in [-0.4, -0.2) is 43.8 Å². The quantitative estimate of drug-likeness (QED) is 0.461. The molecule has 4 nitrogen and oxygen atoms in total. The Hall–Kier alpha value is -0.160. The van der Waals surface area contributed by atoms with Gasteiger partial charge in [0, 0.05) is 19.6 Å². The maximum Gasteiger partial charge on any atom is 0.134 e. The lowest BCUT2D eigenvalue weighted by Crippen LogP contribution is -2.37. The summed E-state index contributed by atoms with van der Waals surface area (Å²) < 4.78 is 5.13. The minimum atomic E-state index is -0.539. The van der Waals surface area contributed by atoms with E-state index < -0.39 is 6.23 Å². The summed E-state index contributed by atoms with van der Waals surface area (Å²) in [6, 6.07) is 0. The van der Waals surface area contributed by atoms with Crippen LogP contribution in [-0.2, 0) is 9.57 Å². The zero-order valence-electron chi connectivity index (χ0n) is 6.99. The molecule has 0 amide bonds. The van der Waals surface area contributed by atoms with Crippen LogP contribution in [0.1, 0.15) is 6.42 Å². The van der Waals surface area contributed by atoms with Gasteiger partial charge in [-0.15, -0.1) is 0 Å². The minimum absolute atomic E-state index is 0.194. The molecule has 4 heteroatoms. The molecule has 1 aliphatic rings. The summed E-state index contributed by atoms with van der Waals surface area (Å²) in [6.45, 7) is 1.38. The Morgan fingerprint density at radius 1 is 1.73 bits per heavy atom. The van der Waals surface area contributed by atoms with Gasteiger partial charge in [-0.25, -0.2) is 0 Å². The maximum absolute atomic E-state index is 9.54. The van der Waals surface area contributed by atoms with E-state index in [1.807, 2.05) is 0 Å². The summed E-state index contributed by atoms with van der Waals surface area (Å²) in [5.41, 5.74) is 0. The van der Waals surface area contributed by atoms with Gasteiger partial charge in [0.2, 0.25) is 0 Å². The first kappa shape index (κ1) is 8.93. The molecule has 0 aromatic heterocycles. The maximum atomic E-state index is 9.54. The third-order valence-electron chi connectivity index (χ3n) is 2.05. The Morgan fingerprint density at radius 3 is 2.91 bits per heavy atom. The fourth-order valence-electron chi connectivity index (χ4n) is 1.19. The zero-order valence-corrected chi connectivity index (χ0v) is 6.99. The van der Waals surface area contributed by atoms with Gasteiger partial charge in [-0.3, -0.25) is 0 Å². The number of hydroxylamine groups is 2. The summed E-state index contributed by atoms with van der Waals surface area (Å²) in [5, 5.41) is 11.0. The molecule has 11 heavy (non-hydrogen) atoms. The van der Waals surface area contributed by atoms with E-state index in [4.69, 9.17) is 9.57 Å². The topological polar surface area (TPSA) is 41.9 Å². The molecular formula is C7H15NO3. The standard InChI is InChI=1S/C7H15NO3/c1-8(10-2)7(9)6-3-4-11-5-6/h6-7,9H,3-5H2,1-2H3. The molecule has 1 N–H and O–H groups in total. The van der Waals surface area contributed by atoms with Crippen LogP contribution in [0.5, 0.6) is 0 Å². The fraction of sp³-hybridized carbons (Fsp3) is 1.00. The summed E-state index contributed by atoms with van der Waals surface area (Å²) in [5.74, 6) is 0.194. The van der Waals surface area contributed by atoms with Crippen molar-refractivity contribution in [2.24, 2.45) is 5.92 Å². The predicted octanol–water partition coefficient (Wildman–Crippen LogP) is -0.166. The van der Waals surface area contributed by atoms with Crippen molar-refractivity contribution in [1.29, 1.82) is 0 Å². The van der Waals surface area contributed by atoms with E-state index in [9.17, 15) is 5.11 Å². The summed E-state index contributed by atoms with van der Waals surface area (Å²) in [6.07, 6.45) is 0.372. The van der Waals surface area contributed by atoms with Crippen LogP contribution in [0.15, 0.2) is 0 Å². The van der Waals surface area contributed by atoms with Crippen LogP contribution in [0.3, 0.4) is 0 Å². The molecule has 2 atom stereocenters. The van der Waals surface area contributed by atoms with Crippen molar-refractivity contribution >= 4 is 0 Å². The van der Waals surface area contributed by atoms with Gasteiger partial charge in [0.25, 0.3) is 0 Å². The lowest BCUT2D eigenvalue weighted by molar-refractivity contribution is -0.219. The van der Waals surface area contributed by atoms with Crippen molar-refractivity contribution in [3.8, 4) is 0 Å². The Kier molecular flexibility index (Phi) is 3.26. The Bertz CT molecular complexity index is 114. The number of aliphatic hydroxyl groups excluding tert-OH is 1. The van der Waals surface area contributed by atoms with E-state index in [2.05, 4.69) is 0 Å². The van der Waals surface area contributed by atoms with Gasteiger partial charge in [0.1, 0.15) is 6.23 Å². The van der Waals surface area contributed by atoms with Gasteiger partial charge in [0.05, 0.1) is 13.7 Å². The SMILES string of the molecule is CON(C)C(O)C1CCOC1. The molecular weight excluding hydrogens is 146 g/mol. The molecule has 0 aliphatic carbocycles. The van der Waals surface area contributed by atoms with Gasteiger partial charge in [-0.05, 0) is 6.42 Å². The Balaban J connectivity index is 2.32. The highest BCUT2D eigenvalue weighted by Gasteiger charge is 2.26. The molecule has 0 aromatic rings. The van der Waals surface area contributed by atoms with E-state index in [-0.39, 0.29) is 5.92 Å². The summed E-state index contributed by atoms with van der Waals surface area (Å²) in [4.78, 5) is 4.85. The Labute approximate surface area is 66.7 Å². The van der Waals surface area contributed by atoms with Gasteiger partial charge < -0.3 is 14.7 Å². The predicted molar refractivity (Wildman–Crippen MR) is 39.7 cm³/mol. The molecule has 0 spiro atoms. The second-order valence-corrected chi connectivity index (χ2v) is 2.77. The molecule has 66 valence electrons. The first-order chi connectivity index (χ1) is 5.25. The van der Waals surface area contributed by atoms with Crippen LogP contribution in [0.4, 0.5) is 0 Å². The van der Waals surface area contributed by atoms with Crippen LogP contribution in [0.25, 0.3) is 0 Å². The van der Waals surface area contributed by atoms with Crippen LogP contribution < -0.4 is 0 Å². The number of hydrogen-bond acceptors (Lipinski definition) is 4. The van der Waals surface area contributed by atoms with Crippen molar-refractivity contribution in [3.05, 3.63) is 0 Å². The number of hydrogen-bond donors (Lipinski definition) is 1. The molecule has 1 heterocycles. The third-order valence-corrected chi connectivity index (χ3v) is 2.05. The van der Waals surface area contributed by atoms with Gasteiger partial charge in [-0.2, -0.15) is 5.06 Å². The van der Waals surface area contributed by atoms with E-state index >= 15 is 0 Å². The normalized spacial score (nSPS) is 27.8. The second-order valence-electron chi connectivity index (χ2n) is 2.77. The molecule has 1 aliphatic heterocycles. The summed E-state index contributed by atoms with van der Waals surface area (Å²) >= 11 is 0. The molecule has 0 bridgehead atoms. The average Bonchev–Trinajstić information content (AvgIpc) is 2.53. The molecule has 0 saturated carbocycles. The van der Waals surface area contributed by atoms with Crippen molar-refractivity contribution in [2.45, 2.75) is 12.6 Å². The Morgan fingerprint density at radius 2 is 2.45 bits per heavy atom. The van der Waals surface area contributed by atoms with E-state index in [0.717, 1.165) is 13.0 Å². The first-order valence-electron chi connectivity index (χ1n) is 3.78. The molecule has 0 aromatic carbocycles. The number of aliphatic hydroxyl groups is 1. The summed E-state index contributed by atoms with van der Waals surface area (Å²) in [7, 11) is 3.25. The molecule has 1 rings (SSSR count). The fourth-order valence-corrected chi connectivity index (χ4v) is 1.19. The van der Waals surface area contributed by atoms with Gasteiger partial charge in [-0.1, -0.05) is 0 Å². The number of rotatable bonds is 3. The van der Waals surface area contributed by atoms with Gasteiger partial charge in [0.15, 0.2) is 0 Å². The minimum Gasteiger partial charge on any atom is -0.381 e. The molecule has 1 fully saturated rings. The van der Waals surface area contributed by atoms with Crippen LogP contribution in [0, 0.1) is 5.92 Å². The van der Waals surface area contributed by atoms with E-state index in [1.165, 1.54) is 5.06 Å².